The highest BCUT2D eigenvalue weighted by Crippen LogP contribution is 2.44. The highest BCUT2D eigenvalue weighted by molar-refractivity contribution is 5.86. The number of aliphatic carboxylic acids is 1. The number of nitrogens with one attached hydrogen (secondary N) is 2. The highest BCUT2D eigenvalue weighted by Gasteiger charge is 2.29. The van der Waals surface area contributed by atoms with Gasteiger partial charge in [0, 0.05) is 5.92 Å². The van der Waals surface area contributed by atoms with Gasteiger partial charge in [-0.25, -0.2) is 9.59 Å². The van der Waals surface area contributed by atoms with Crippen molar-refractivity contribution in [2.24, 2.45) is 0 Å². The zero-order valence-electron chi connectivity index (χ0n) is 16.5. The van der Waals surface area contributed by atoms with Crippen LogP contribution in [-0.4, -0.2) is 53.5 Å². The summed E-state index contributed by atoms with van der Waals surface area (Å²) in [6.45, 7) is 1.37. The van der Waals surface area contributed by atoms with E-state index in [2.05, 4.69) is 10.6 Å². The van der Waals surface area contributed by atoms with Gasteiger partial charge >= 0.3 is 12.1 Å². The van der Waals surface area contributed by atoms with Crippen LogP contribution in [0, 0.1) is 0 Å². The first-order valence-corrected chi connectivity index (χ1v) is 9.72. The number of aliphatic hydroxyl groups is 1. The minimum Gasteiger partial charge on any atom is -0.479 e. The predicted molar refractivity (Wildman–Crippen MR) is 109 cm³/mol. The number of aliphatic hydroxyl groups excluding tert-OH is 1. The monoisotopic (exact) mass is 412 g/mol. The first-order chi connectivity index (χ1) is 14.4. The molecule has 8 nitrogen and oxygen atoms in total. The third-order valence-electron chi connectivity index (χ3n) is 5.12. The fourth-order valence-electron chi connectivity index (χ4n) is 3.54. The molecule has 3 rings (SSSR count). The predicted octanol–water partition coefficient (Wildman–Crippen LogP) is 1.87. The molecule has 2 aromatic rings. The van der Waals surface area contributed by atoms with Crippen molar-refractivity contribution in [3.63, 3.8) is 0 Å². The van der Waals surface area contributed by atoms with Gasteiger partial charge in [0.25, 0.3) is 0 Å². The molecule has 0 fully saturated rings. The first kappa shape index (κ1) is 21.3. The molecule has 4 N–H and O–H groups in total. The number of fused-ring (bicyclic) bond motifs is 3. The number of carbonyl (C=O) groups excluding carboxylic acids is 2. The number of benzene rings is 2. The maximum atomic E-state index is 12.3. The van der Waals surface area contributed by atoms with Crippen molar-refractivity contribution in [1.29, 1.82) is 0 Å². The summed E-state index contributed by atoms with van der Waals surface area (Å²) in [7, 11) is 0. The van der Waals surface area contributed by atoms with E-state index in [-0.39, 0.29) is 18.9 Å². The van der Waals surface area contributed by atoms with Crippen LogP contribution in [0.3, 0.4) is 0 Å². The lowest BCUT2D eigenvalue weighted by Crippen LogP contribution is -2.49. The second kappa shape index (κ2) is 9.41. The molecule has 1 aliphatic rings. The third kappa shape index (κ3) is 4.60. The summed E-state index contributed by atoms with van der Waals surface area (Å²) in [5, 5.41) is 22.7. The normalized spacial score (nSPS) is 14.2. The van der Waals surface area contributed by atoms with Gasteiger partial charge in [-0.2, -0.15) is 0 Å². The number of hydrogen-bond acceptors (Lipinski definition) is 5. The van der Waals surface area contributed by atoms with Crippen LogP contribution >= 0.6 is 0 Å². The Morgan fingerprint density at radius 1 is 1.03 bits per heavy atom. The molecule has 0 radical (unpaired) electrons. The van der Waals surface area contributed by atoms with Crippen LogP contribution in [-0.2, 0) is 14.3 Å². The van der Waals surface area contributed by atoms with Gasteiger partial charge in [-0.3, -0.25) is 4.79 Å². The van der Waals surface area contributed by atoms with Crippen molar-refractivity contribution in [2.75, 3.05) is 13.2 Å². The number of carbonyl (C=O) groups is 3. The number of carboxylic acids is 1. The van der Waals surface area contributed by atoms with E-state index in [1.165, 1.54) is 0 Å². The van der Waals surface area contributed by atoms with Crippen molar-refractivity contribution >= 4 is 18.0 Å². The second-order valence-corrected chi connectivity index (χ2v) is 7.03. The molecule has 0 aromatic heterocycles. The molecule has 8 heteroatoms. The van der Waals surface area contributed by atoms with Crippen LogP contribution in [0.5, 0.6) is 0 Å². The van der Waals surface area contributed by atoms with Gasteiger partial charge in [-0.1, -0.05) is 55.5 Å². The smallest absolute Gasteiger partial charge is 0.407 e. The Hall–Kier alpha value is -3.39. The first-order valence-electron chi connectivity index (χ1n) is 9.72. The average Bonchev–Trinajstić information content (AvgIpc) is 3.07. The zero-order chi connectivity index (χ0) is 21.7. The number of amides is 2. The maximum Gasteiger partial charge on any atom is 0.407 e. The van der Waals surface area contributed by atoms with Crippen LogP contribution in [0.25, 0.3) is 11.1 Å². The summed E-state index contributed by atoms with van der Waals surface area (Å²) in [6, 6.07) is 15.0. The quantitative estimate of drug-likeness (QED) is 0.525. The fourth-order valence-corrected chi connectivity index (χ4v) is 3.54. The lowest BCUT2D eigenvalue weighted by molar-refractivity contribution is -0.146. The molecule has 0 saturated carbocycles. The van der Waals surface area contributed by atoms with Gasteiger partial charge in [0.05, 0.1) is 6.54 Å². The molecule has 0 heterocycles. The minimum absolute atomic E-state index is 0.0947. The largest absolute Gasteiger partial charge is 0.479 e. The topological polar surface area (TPSA) is 125 Å². The lowest BCUT2D eigenvalue weighted by Gasteiger charge is -2.19. The van der Waals surface area contributed by atoms with Gasteiger partial charge < -0.3 is 25.6 Å². The lowest BCUT2D eigenvalue weighted by atomic mass is 9.98. The van der Waals surface area contributed by atoms with Crippen molar-refractivity contribution in [2.45, 2.75) is 31.4 Å². The second-order valence-electron chi connectivity index (χ2n) is 7.03. The van der Waals surface area contributed by atoms with Crippen molar-refractivity contribution in [1.82, 2.24) is 10.6 Å². The Bertz CT molecular complexity index is 899. The molecular formula is C22H24N2O6. The van der Waals surface area contributed by atoms with E-state index in [1.807, 2.05) is 48.5 Å². The van der Waals surface area contributed by atoms with Gasteiger partial charge in [-0.05, 0) is 28.7 Å². The van der Waals surface area contributed by atoms with E-state index in [1.54, 1.807) is 6.92 Å². The van der Waals surface area contributed by atoms with Crippen LogP contribution in [0.2, 0.25) is 0 Å². The fraction of sp³-hybridized carbons (Fsp3) is 0.318. The molecule has 158 valence electrons. The van der Waals surface area contributed by atoms with Crippen LogP contribution in [0.4, 0.5) is 4.79 Å². The number of hydrogen-bond donors (Lipinski definition) is 4. The van der Waals surface area contributed by atoms with E-state index >= 15 is 0 Å². The Labute approximate surface area is 173 Å². The summed E-state index contributed by atoms with van der Waals surface area (Å²) in [4.78, 5) is 35.1. The number of carboxylic acid groups (broad SMARTS) is 1. The summed E-state index contributed by atoms with van der Waals surface area (Å²) in [5.41, 5.74) is 4.40. The Kier molecular flexibility index (Phi) is 6.68. The molecular weight excluding hydrogens is 388 g/mol. The summed E-state index contributed by atoms with van der Waals surface area (Å²) >= 11 is 0. The van der Waals surface area contributed by atoms with E-state index in [0.29, 0.717) is 0 Å². The zero-order valence-corrected chi connectivity index (χ0v) is 16.5. The van der Waals surface area contributed by atoms with E-state index < -0.39 is 36.7 Å². The number of ether oxygens (including phenoxy) is 1. The minimum atomic E-state index is -1.71. The number of alkyl carbamates (subject to hydrolysis) is 1. The number of rotatable bonds is 8. The molecule has 0 bridgehead atoms. The SMILES string of the molecule is CCC(NC(=O)OCC1c2ccccc2-c2ccccc21)C(=O)NCC(O)C(=O)O. The Balaban J connectivity index is 1.59. The van der Waals surface area contributed by atoms with Crippen LogP contribution in [0.1, 0.15) is 30.4 Å². The molecule has 2 amide bonds. The average molecular weight is 412 g/mol. The molecule has 2 unspecified atom stereocenters. The Morgan fingerprint density at radius 2 is 1.60 bits per heavy atom. The van der Waals surface area contributed by atoms with E-state index in [9.17, 15) is 19.5 Å². The molecule has 2 atom stereocenters. The molecule has 2 aromatic carbocycles. The summed E-state index contributed by atoms with van der Waals surface area (Å²) in [5.74, 6) is -2.12. The standard InChI is InChI=1S/C22H24N2O6/c1-2-18(20(26)23-11-19(25)21(27)28)24-22(29)30-12-17-15-9-5-3-7-13(15)14-8-4-6-10-16(14)17/h3-10,17-19,25H,2,11-12H2,1H3,(H,23,26)(H,24,29)(H,27,28). The van der Waals surface area contributed by atoms with Crippen molar-refractivity contribution < 1.29 is 29.3 Å². The van der Waals surface area contributed by atoms with Crippen molar-refractivity contribution in [3.8, 4) is 11.1 Å². The molecule has 0 spiro atoms. The van der Waals surface area contributed by atoms with E-state index in [4.69, 9.17) is 9.84 Å². The van der Waals surface area contributed by atoms with Gasteiger partial charge in [-0.15, -0.1) is 0 Å². The Morgan fingerprint density at radius 3 is 2.13 bits per heavy atom. The van der Waals surface area contributed by atoms with Gasteiger partial charge in [0.15, 0.2) is 6.10 Å². The molecule has 1 aliphatic carbocycles. The van der Waals surface area contributed by atoms with Gasteiger partial charge in [0.1, 0.15) is 12.6 Å². The van der Waals surface area contributed by atoms with Crippen LogP contribution < -0.4 is 10.6 Å². The van der Waals surface area contributed by atoms with Gasteiger partial charge in [0.2, 0.25) is 5.91 Å². The maximum absolute atomic E-state index is 12.3. The highest BCUT2D eigenvalue weighted by atomic mass is 16.5. The van der Waals surface area contributed by atoms with Crippen LogP contribution in [0.15, 0.2) is 48.5 Å². The molecule has 0 aliphatic heterocycles. The molecule has 0 saturated heterocycles. The van der Waals surface area contributed by atoms with Crippen molar-refractivity contribution in [3.05, 3.63) is 59.7 Å². The molecule has 30 heavy (non-hydrogen) atoms. The van der Waals surface area contributed by atoms with E-state index in [0.717, 1.165) is 22.3 Å². The summed E-state index contributed by atoms with van der Waals surface area (Å²) in [6.07, 6.45) is -2.17. The summed E-state index contributed by atoms with van der Waals surface area (Å²) < 4.78 is 5.41. The third-order valence-corrected chi connectivity index (χ3v) is 5.12.